The number of hydrogen-bond acceptors (Lipinski definition) is 4. The van der Waals surface area contributed by atoms with Crippen LogP contribution in [-0.2, 0) is 6.42 Å². The predicted molar refractivity (Wildman–Crippen MR) is 60.4 cm³/mol. The largest absolute Gasteiger partial charge is 0.388 e. The standard InChI is InChI=1S/C12H11N3O/c16-11-6-8-7-13-5-3-10(8)15-12-9(11)2-1-4-14-12/h1-5,7,11,16H,6H2,(H,14,15). The van der Waals surface area contributed by atoms with Gasteiger partial charge in [0.1, 0.15) is 5.82 Å². The van der Waals surface area contributed by atoms with E-state index in [1.807, 2.05) is 18.2 Å². The van der Waals surface area contributed by atoms with Crippen LogP contribution >= 0.6 is 0 Å². The first-order chi connectivity index (χ1) is 7.84. The van der Waals surface area contributed by atoms with Gasteiger partial charge >= 0.3 is 0 Å². The molecule has 4 nitrogen and oxygen atoms in total. The van der Waals surface area contributed by atoms with Crippen molar-refractivity contribution < 1.29 is 5.11 Å². The first kappa shape index (κ1) is 9.30. The number of aliphatic hydroxyl groups excluding tert-OH is 1. The quantitative estimate of drug-likeness (QED) is 0.700. The van der Waals surface area contributed by atoms with Crippen LogP contribution in [0, 0.1) is 0 Å². The summed E-state index contributed by atoms with van der Waals surface area (Å²) in [6, 6.07) is 5.61. The first-order valence-corrected chi connectivity index (χ1v) is 5.17. The molecule has 2 N–H and O–H groups in total. The molecule has 0 aliphatic carbocycles. The van der Waals surface area contributed by atoms with Gasteiger partial charge in [0, 0.05) is 36.3 Å². The number of pyridine rings is 2. The second-order valence-electron chi connectivity index (χ2n) is 3.82. The number of hydrogen-bond donors (Lipinski definition) is 2. The average molecular weight is 213 g/mol. The maximum atomic E-state index is 10.1. The summed E-state index contributed by atoms with van der Waals surface area (Å²) in [7, 11) is 0. The van der Waals surface area contributed by atoms with Gasteiger partial charge in [0.2, 0.25) is 0 Å². The van der Waals surface area contributed by atoms with E-state index >= 15 is 0 Å². The Kier molecular flexibility index (Phi) is 2.08. The molecule has 0 aromatic carbocycles. The van der Waals surface area contributed by atoms with E-state index in [4.69, 9.17) is 0 Å². The summed E-state index contributed by atoms with van der Waals surface area (Å²) in [6.45, 7) is 0. The molecule has 3 heterocycles. The van der Waals surface area contributed by atoms with E-state index in [-0.39, 0.29) is 0 Å². The second-order valence-corrected chi connectivity index (χ2v) is 3.82. The second kappa shape index (κ2) is 3.57. The van der Waals surface area contributed by atoms with Crippen LogP contribution in [0.3, 0.4) is 0 Å². The number of rotatable bonds is 0. The smallest absolute Gasteiger partial charge is 0.136 e. The van der Waals surface area contributed by atoms with Gasteiger partial charge in [-0.3, -0.25) is 4.98 Å². The third-order valence-electron chi connectivity index (χ3n) is 2.77. The van der Waals surface area contributed by atoms with Crippen molar-refractivity contribution in [3.63, 3.8) is 0 Å². The van der Waals surface area contributed by atoms with Crippen LogP contribution in [0.15, 0.2) is 36.8 Å². The van der Waals surface area contributed by atoms with Gasteiger partial charge in [0.05, 0.1) is 6.10 Å². The number of fused-ring (bicyclic) bond motifs is 2. The van der Waals surface area contributed by atoms with Crippen LogP contribution in [0.1, 0.15) is 17.2 Å². The minimum absolute atomic E-state index is 0.526. The Morgan fingerprint density at radius 1 is 1.31 bits per heavy atom. The molecular formula is C12H11N3O. The molecule has 1 atom stereocenters. The maximum Gasteiger partial charge on any atom is 0.136 e. The zero-order chi connectivity index (χ0) is 11.0. The topological polar surface area (TPSA) is 58.0 Å². The van der Waals surface area contributed by atoms with Gasteiger partial charge in [-0.2, -0.15) is 0 Å². The van der Waals surface area contributed by atoms with E-state index in [2.05, 4.69) is 15.3 Å². The molecule has 1 unspecified atom stereocenters. The highest BCUT2D eigenvalue weighted by Gasteiger charge is 2.20. The zero-order valence-electron chi connectivity index (χ0n) is 8.59. The molecule has 0 fully saturated rings. The summed E-state index contributed by atoms with van der Waals surface area (Å²) < 4.78 is 0. The van der Waals surface area contributed by atoms with Crippen molar-refractivity contribution in [1.29, 1.82) is 0 Å². The van der Waals surface area contributed by atoms with E-state index in [1.54, 1.807) is 18.6 Å². The Morgan fingerprint density at radius 3 is 3.19 bits per heavy atom. The van der Waals surface area contributed by atoms with Crippen LogP contribution < -0.4 is 5.32 Å². The Labute approximate surface area is 93.0 Å². The fourth-order valence-electron chi connectivity index (χ4n) is 1.95. The Bertz CT molecular complexity index is 527. The van der Waals surface area contributed by atoms with E-state index < -0.39 is 6.10 Å². The van der Waals surface area contributed by atoms with Crippen molar-refractivity contribution in [3.05, 3.63) is 47.9 Å². The molecule has 16 heavy (non-hydrogen) atoms. The number of aromatic nitrogens is 2. The molecule has 0 spiro atoms. The van der Waals surface area contributed by atoms with Crippen LogP contribution in [-0.4, -0.2) is 15.1 Å². The fourth-order valence-corrected chi connectivity index (χ4v) is 1.95. The Balaban J connectivity index is 2.15. The van der Waals surface area contributed by atoms with Crippen LogP contribution in [0.5, 0.6) is 0 Å². The van der Waals surface area contributed by atoms with Crippen LogP contribution in [0.25, 0.3) is 0 Å². The molecule has 2 aromatic rings. The van der Waals surface area contributed by atoms with Gasteiger partial charge in [-0.05, 0) is 17.7 Å². The lowest BCUT2D eigenvalue weighted by atomic mass is 10.0. The molecule has 0 radical (unpaired) electrons. The molecule has 4 heteroatoms. The van der Waals surface area contributed by atoms with Crippen molar-refractivity contribution in [3.8, 4) is 0 Å². The lowest BCUT2D eigenvalue weighted by molar-refractivity contribution is 0.179. The monoisotopic (exact) mass is 213 g/mol. The van der Waals surface area contributed by atoms with Gasteiger partial charge in [0.15, 0.2) is 0 Å². The molecular weight excluding hydrogens is 202 g/mol. The van der Waals surface area contributed by atoms with Crippen molar-refractivity contribution in [1.82, 2.24) is 9.97 Å². The molecule has 80 valence electrons. The van der Waals surface area contributed by atoms with E-state index in [9.17, 15) is 5.11 Å². The number of anilines is 2. The third-order valence-corrected chi connectivity index (χ3v) is 2.77. The summed E-state index contributed by atoms with van der Waals surface area (Å²) in [5.41, 5.74) is 2.80. The summed E-state index contributed by atoms with van der Waals surface area (Å²) in [6.07, 6.45) is 5.25. The average Bonchev–Trinajstić information content (AvgIpc) is 2.45. The van der Waals surface area contributed by atoms with Gasteiger partial charge in [-0.25, -0.2) is 4.98 Å². The number of nitrogens with zero attached hydrogens (tertiary/aromatic N) is 2. The summed E-state index contributed by atoms with van der Waals surface area (Å²) in [5.74, 6) is 0.722. The first-order valence-electron chi connectivity index (χ1n) is 5.17. The highest BCUT2D eigenvalue weighted by Crippen LogP contribution is 2.32. The van der Waals surface area contributed by atoms with Gasteiger partial charge < -0.3 is 10.4 Å². The minimum atomic E-state index is -0.526. The predicted octanol–water partition coefficient (Wildman–Crippen LogP) is 1.81. The summed E-state index contributed by atoms with van der Waals surface area (Å²) >= 11 is 0. The van der Waals surface area contributed by atoms with Crippen molar-refractivity contribution in [2.24, 2.45) is 0 Å². The molecule has 1 aliphatic rings. The lowest BCUT2D eigenvalue weighted by Crippen LogP contribution is -2.01. The van der Waals surface area contributed by atoms with E-state index in [0.29, 0.717) is 6.42 Å². The Morgan fingerprint density at radius 2 is 2.25 bits per heavy atom. The van der Waals surface area contributed by atoms with Crippen LogP contribution in [0.4, 0.5) is 11.5 Å². The minimum Gasteiger partial charge on any atom is -0.388 e. The summed E-state index contributed by atoms with van der Waals surface area (Å²) in [5, 5.41) is 13.3. The Hall–Kier alpha value is -1.94. The van der Waals surface area contributed by atoms with Gasteiger partial charge in [0.25, 0.3) is 0 Å². The highest BCUT2D eigenvalue weighted by molar-refractivity contribution is 5.64. The van der Waals surface area contributed by atoms with Gasteiger partial charge in [-0.1, -0.05) is 6.07 Å². The maximum absolute atomic E-state index is 10.1. The molecule has 3 rings (SSSR count). The van der Waals surface area contributed by atoms with E-state index in [1.165, 1.54) is 0 Å². The number of aliphatic hydroxyl groups is 1. The third kappa shape index (κ3) is 1.44. The van der Waals surface area contributed by atoms with Gasteiger partial charge in [-0.15, -0.1) is 0 Å². The molecule has 2 aromatic heterocycles. The van der Waals surface area contributed by atoms with Crippen molar-refractivity contribution in [2.45, 2.75) is 12.5 Å². The van der Waals surface area contributed by atoms with Crippen molar-refractivity contribution in [2.75, 3.05) is 5.32 Å². The molecule has 0 bridgehead atoms. The van der Waals surface area contributed by atoms with E-state index in [0.717, 1.165) is 22.6 Å². The number of nitrogens with one attached hydrogen (secondary N) is 1. The lowest BCUT2D eigenvalue weighted by Gasteiger charge is -2.09. The zero-order valence-corrected chi connectivity index (χ0v) is 8.59. The van der Waals surface area contributed by atoms with Crippen LogP contribution in [0.2, 0.25) is 0 Å². The molecule has 0 saturated carbocycles. The molecule has 0 amide bonds. The molecule has 1 aliphatic heterocycles. The highest BCUT2D eigenvalue weighted by atomic mass is 16.3. The SMILES string of the molecule is OC1Cc2cnccc2Nc2ncccc21. The fraction of sp³-hybridized carbons (Fsp3) is 0.167. The summed E-state index contributed by atoms with van der Waals surface area (Å²) in [4.78, 5) is 8.30. The normalized spacial score (nSPS) is 17.9. The van der Waals surface area contributed by atoms with Crippen molar-refractivity contribution >= 4 is 11.5 Å². The molecule has 0 saturated heterocycles.